The van der Waals surface area contributed by atoms with E-state index in [2.05, 4.69) is 0 Å². The maximum absolute atomic E-state index is 13.8. The Labute approximate surface area is 114 Å². The summed E-state index contributed by atoms with van der Waals surface area (Å²) < 4.78 is 37.9. The predicted molar refractivity (Wildman–Crippen MR) is 67.9 cm³/mol. The Bertz CT molecular complexity index is 643. The second kappa shape index (κ2) is 5.09. The van der Waals surface area contributed by atoms with Gasteiger partial charge in [-0.25, -0.2) is 8.78 Å². The van der Waals surface area contributed by atoms with Gasteiger partial charge in [0.1, 0.15) is 19.3 Å². The average molecular weight is 278 g/mol. The number of benzene rings is 2. The van der Waals surface area contributed by atoms with E-state index in [0.29, 0.717) is 30.3 Å². The number of rotatable bonds is 2. The quantitative estimate of drug-likeness (QED) is 0.918. The van der Waals surface area contributed by atoms with Crippen LogP contribution in [0.4, 0.5) is 8.78 Å². The van der Waals surface area contributed by atoms with Crippen LogP contribution in [0.2, 0.25) is 0 Å². The minimum atomic E-state index is -1.32. The fraction of sp³-hybridized carbons (Fsp3) is 0.200. The molecular weight excluding hydrogens is 266 g/mol. The molecule has 0 spiro atoms. The number of ether oxygens (including phenoxy) is 2. The third-order valence-corrected chi connectivity index (χ3v) is 3.17. The number of hydrogen-bond donors (Lipinski definition) is 1. The third-order valence-electron chi connectivity index (χ3n) is 3.17. The van der Waals surface area contributed by atoms with Crippen molar-refractivity contribution < 1.29 is 23.4 Å². The van der Waals surface area contributed by atoms with E-state index in [9.17, 15) is 13.9 Å². The van der Waals surface area contributed by atoms with Crippen LogP contribution in [0.25, 0.3) is 0 Å². The first-order valence-electron chi connectivity index (χ1n) is 6.19. The lowest BCUT2D eigenvalue weighted by Crippen LogP contribution is -2.17. The molecule has 1 heterocycles. The third kappa shape index (κ3) is 2.10. The molecule has 3 nitrogen and oxygen atoms in total. The summed E-state index contributed by atoms with van der Waals surface area (Å²) in [5.74, 6) is -1.20. The van der Waals surface area contributed by atoms with E-state index in [0.717, 1.165) is 6.07 Å². The van der Waals surface area contributed by atoms with E-state index in [-0.39, 0.29) is 5.56 Å². The normalized spacial score (nSPS) is 14.9. The zero-order valence-corrected chi connectivity index (χ0v) is 10.5. The molecule has 104 valence electrons. The van der Waals surface area contributed by atoms with Crippen molar-refractivity contribution in [2.24, 2.45) is 0 Å². The Hall–Kier alpha value is -2.14. The van der Waals surface area contributed by atoms with E-state index in [1.54, 1.807) is 18.2 Å². The van der Waals surface area contributed by atoms with Gasteiger partial charge >= 0.3 is 0 Å². The lowest BCUT2D eigenvalue weighted by molar-refractivity contribution is 0.157. The van der Waals surface area contributed by atoms with Crippen LogP contribution < -0.4 is 9.47 Å². The molecule has 3 rings (SSSR count). The first-order valence-corrected chi connectivity index (χ1v) is 6.19. The molecule has 0 fully saturated rings. The molecule has 0 aromatic heterocycles. The van der Waals surface area contributed by atoms with Gasteiger partial charge in [-0.3, -0.25) is 0 Å². The van der Waals surface area contributed by atoms with E-state index in [4.69, 9.17) is 9.47 Å². The number of halogens is 2. The van der Waals surface area contributed by atoms with Crippen molar-refractivity contribution in [3.05, 3.63) is 59.2 Å². The Morgan fingerprint density at radius 2 is 1.65 bits per heavy atom. The first-order chi connectivity index (χ1) is 9.68. The van der Waals surface area contributed by atoms with Crippen molar-refractivity contribution in [1.82, 2.24) is 0 Å². The predicted octanol–water partition coefficient (Wildman–Crippen LogP) is 2.82. The Kier molecular flexibility index (Phi) is 3.28. The molecule has 5 heteroatoms. The fourth-order valence-corrected chi connectivity index (χ4v) is 2.21. The van der Waals surface area contributed by atoms with Crippen LogP contribution in [-0.4, -0.2) is 18.3 Å². The monoisotopic (exact) mass is 278 g/mol. The van der Waals surface area contributed by atoms with Gasteiger partial charge in [-0.05, 0) is 12.1 Å². The second-order valence-corrected chi connectivity index (χ2v) is 4.42. The summed E-state index contributed by atoms with van der Waals surface area (Å²) >= 11 is 0. The number of hydrogen-bond acceptors (Lipinski definition) is 3. The molecule has 1 aliphatic heterocycles. The summed E-state index contributed by atoms with van der Waals surface area (Å²) in [4.78, 5) is 0. The van der Waals surface area contributed by atoms with Gasteiger partial charge in [0.25, 0.3) is 0 Å². The summed E-state index contributed by atoms with van der Waals surface area (Å²) in [6.45, 7) is 0.767. The van der Waals surface area contributed by atoms with Gasteiger partial charge in [-0.2, -0.15) is 0 Å². The van der Waals surface area contributed by atoms with Crippen LogP contribution in [0, 0.1) is 11.6 Å². The lowest BCUT2D eigenvalue weighted by Gasteiger charge is -2.23. The lowest BCUT2D eigenvalue weighted by atomic mass is 9.99. The smallest absolute Gasteiger partial charge is 0.167 e. The van der Waals surface area contributed by atoms with Crippen molar-refractivity contribution in [2.45, 2.75) is 6.10 Å². The molecule has 1 unspecified atom stereocenters. The van der Waals surface area contributed by atoms with Gasteiger partial charge in [-0.15, -0.1) is 0 Å². The maximum atomic E-state index is 13.8. The van der Waals surface area contributed by atoms with Gasteiger partial charge < -0.3 is 14.6 Å². The molecule has 2 aromatic carbocycles. The minimum absolute atomic E-state index is 0.132. The maximum Gasteiger partial charge on any atom is 0.167 e. The van der Waals surface area contributed by atoms with Crippen LogP contribution in [0.1, 0.15) is 17.2 Å². The van der Waals surface area contributed by atoms with Crippen LogP contribution in [0.3, 0.4) is 0 Å². The molecule has 0 saturated heterocycles. The molecule has 0 amide bonds. The topological polar surface area (TPSA) is 38.7 Å². The standard InChI is InChI=1S/C15H12F2O3/c16-11-5-1-3-9(13(11)17)14(18)10-4-2-6-12-15(10)20-8-7-19-12/h1-6,14,18H,7-8H2. The highest BCUT2D eigenvalue weighted by Crippen LogP contribution is 2.39. The SMILES string of the molecule is OC(c1cccc(F)c1F)c1cccc2c1OCCO2. The van der Waals surface area contributed by atoms with Gasteiger partial charge in [0, 0.05) is 11.1 Å². The van der Waals surface area contributed by atoms with Crippen molar-refractivity contribution in [2.75, 3.05) is 13.2 Å². The van der Waals surface area contributed by atoms with Crippen molar-refractivity contribution in [3.63, 3.8) is 0 Å². The molecule has 0 saturated carbocycles. The van der Waals surface area contributed by atoms with Crippen LogP contribution in [0.15, 0.2) is 36.4 Å². The molecule has 1 aliphatic rings. The van der Waals surface area contributed by atoms with Gasteiger partial charge in [-0.1, -0.05) is 24.3 Å². The minimum Gasteiger partial charge on any atom is -0.486 e. The Balaban J connectivity index is 2.07. The number of aliphatic hydroxyl groups excluding tert-OH is 1. The number of para-hydroxylation sites is 1. The number of aliphatic hydroxyl groups is 1. The Morgan fingerprint density at radius 1 is 0.950 bits per heavy atom. The summed E-state index contributed by atoms with van der Waals surface area (Å²) in [5.41, 5.74) is 0.222. The molecule has 0 radical (unpaired) electrons. The highest BCUT2D eigenvalue weighted by atomic mass is 19.2. The van der Waals surface area contributed by atoms with Crippen molar-refractivity contribution in [1.29, 1.82) is 0 Å². The van der Waals surface area contributed by atoms with Crippen LogP contribution >= 0.6 is 0 Å². The van der Waals surface area contributed by atoms with E-state index >= 15 is 0 Å². The number of fused-ring (bicyclic) bond motifs is 1. The summed E-state index contributed by atoms with van der Waals surface area (Å²) in [7, 11) is 0. The van der Waals surface area contributed by atoms with E-state index in [1.807, 2.05) is 0 Å². The van der Waals surface area contributed by atoms with Crippen molar-refractivity contribution in [3.8, 4) is 11.5 Å². The average Bonchev–Trinajstić information content (AvgIpc) is 2.49. The molecule has 1 atom stereocenters. The second-order valence-electron chi connectivity index (χ2n) is 4.42. The summed E-state index contributed by atoms with van der Waals surface area (Å²) in [6.07, 6.45) is -1.32. The largest absolute Gasteiger partial charge is 0.486 e. The highest BCUT2D eigenvalue weighted by Gasteiger charge is 2.24. The van der Waals surface area contributed by atoms with Gasteiger partial charge in [0.15, 0.2) is 23.1 Å². The fourth-order valence-electron chi connectivity index (χ4n) is 2.21. The van der Waals surface area contributed by atoms with Gasteiger partial charge in [0.05, 0.1) is 0 Å². The van der Waals surface area contributed by atoms with Gasteiger partial charge in [0.2, 0.25) is 0 Å². The van der Waals surface area contributed by atoms with Crippen LogP contribution in [0.5, 0.6) is 11.5 Å². The first kappa shape index (κ1) is 12.9. The van der Waals surface area contributed by atoms with Crippen molar-refractivity contribution >= 4 is 0 Å². The molecule has 0 aliphatic carbocycles. The highest BCUT2D eigenvalue weighted by molar-refractivity contribution is 5.50. The molecule has 20 heavy (non-hydrogen) atoms. The van der Waals surface area contributed by atoms with E-state index < -0.39 is 17.7 Å². The molecular formula is C15H12F2O3. The molecule has 0 bridgehead atoms. The summed E-state index contributed by atoms with van der Waals surface area (Å²) in [5, 5.41) is 10.3. The Morgan fingerprint density at radius 3 is 2.50 bits per heavy atom. The zero-order valence-electron chi connectivity index (χ0n) is 10.5. The molecule has 1 N–H and O–H groups in total. The van der Waals surface area contributed by atoms with Crippen LogP contribution in [-0.2, 0) is 0 Å². The zero-order chi connectivity index (χ0) is 14.1. The molecule has 2 aromatic rings. The summed E-state index contributed by atoms with van der Waals surface area (Å²) in [6, 6.07) is 8.67. The van der Waals surface area contributed by atoms with E-state index in [1.165, 1.54) is 12.1 Å².